The van der Waals surface area contributed by atoms with Crippen LogP contribution in [0.4, 0.5) is 0 Å². The molecule has 168 valence electrons. The molecular weight excluding hydrogens is 531 g/mol. The van der Waals surface area contributed by atoms with Gasteiger partial charge in [-0.2, -0.15) is 0 Å². The van der Waals surface area contributed by atoms with Gasteiger partial charge in [0, 0.05) is 31.1 Å². The van der Waals surface area contributed by atoms with E-state index in [1.165, 1.54) is 4.88 Å². The molecule has 1 unspecified atom stereocenters. The number of nitrogens with one attached hydrogen (secondary N) is 3. The maximum Gasteiger partial charge on any atom is 0.216 e. The number of rotatable bonds is 10. The lowest BCUT2D eigenvalue weighted by Gasteiger charge is -2.16. The van der Waals surface area contributed by atoms with Gasteiger partial charge in [0.05, 0.1) is 5.75 Å². The average Bonchev–Trinajstić information content (AvgIpc) is 3.14. The molecule has 0 aliphatic carbocycles. The quantitative estimate of drug-likeness (QED) is 0.233. The van der Waals surface area contributed by atoms with E-state index < -0.39 is 10.0 Å². The molecule has 6 nitrogen and oxygen atoms in total. The summed E-state index contributed by atoms with van der Waals surface area (Å²) in [5.74, 6) is 1.26. The minimum absolute atomic E-state index is 0. The molecule has 1 aromatic heterocycles. The highest BCUT2D eigenvalue weighted by molar-refractivity contribution is 14.0. The first-order valence-corrected chi connectivity index (χ1v) is 12.4. The average molecular weight is 565 g/mol. The van der Waals surface area contributed by atoms with Gasteiger partial charge in [-0.05, 0) is 48.8 Å². The van der Waals surface area contributed by atoms with E-state index in [0.717, 1.165) is 30.1 Å². The Morgan fingerprint density at radius 1 is 1.07 bits per heavy atom. The number of hydrogen-bond acceptors (Lipinski definition) is 4. The van der Waals surface area contributed by atoms with E-state index in [4.69, 9.17) is 0 Å². The number of nitrogens with zero attached hydrogens (tertiary/aromatic N) is 1. The van der Waals surface area contributed by atoms with Gasteiger partial charge in [-0.25, -0.2) is 13.1 Å². The Morgan fingerprint density at radius 3 is 2.30 bits per heavy atom. The summed E-state index contributed by atoms with van der Waals surface area (Å²) in [5.41, 5.74) is 1.84. The van der Waals surface area contributed by atoms with Gasteiger partial charge in [0.1, 0.15) is 0 Å². The van der Waals surface area contributed by atoms with Gasteiger partial charge in [-0.15, -0.1) is 35.3 Å². The standard InChI is InChI=1S/C21H32N4O2S2.HI/c1-16(2)25-29(26,27)15-19-9-7-18(8-10-19)14-24-21(22-4)23-13-17(3)12-20-6-5-11-28-20;/h5-11,16-17,25H,12-15H2,1-4H3,(H2,22,23,24);1H. The highest BCUT2D eigenvalue weighted by Crippen LogP contribution is 2.13. The van der Waals surface area contributed by atoms with Crippen LogP contribution in [-0.4, -0.2) is 34.0 Å². The molecule has 9 heteroatoms. The van der Waals surface area contributed by atoms with Crippen molar-refractivity contribution >= 4 is 51.3 Å². The fourth-order valence-electron chi connectivity index (χ4n) is 2.90. The second kappa shape index (κ2) is 13.3. The zero-order valence-corrected chi connectivity index (χ0v) is 22.0. The lowest BCUT2D eigenvalue weighted by molar-refractivity contribution is 0.562. The molecule has 1 heterocycles. The number of thiophene rings is 1. The van der Waals surface area contributed by atoms with Crippen LogP contribution in [-0.2, 0) is 28.7 Å². The largest absolute Gasteiger partial charge is 0.356 e. The third-order valence-corrected chi connectivity index (χ3v) is 6.67. The molecular formula is C21H33IN4O2S2. The van der Waals surface area contributed by atoms with Crippen molar-refractivity contribution in [2.75, 3.05) is 13.6 Å². The zero-order valence-electron chi connectivity index (χ0n) is 18.0. The van der Waals surface area contributed by atoms with Crippen LogP contribution >= 0.6 is 35.3 Å². The highest BCUT2D eigenvalue weighted by Gasteiger charge is 2.13. The topological polar surface area (TPSA) is 82.6 Å². The van der Waals surface area contributed by atoms with Gasteiger partial charge < -0.3 is 10.6 Å². The maximum atomic E-state index is 12.0. The number of halogens is 1. The van der Waals surface area contributed by atoms with Crippen molar-refractivity contribution in [1.29, 1.82) is 0 Å². The van der Waals surface area contributed by atoms with Gasteiger partial charge >= 0.3 is 0 Å². The smallest absolute Gasteiger partial charge is 0.216 e. The minimum Gasteiger partial charge on any atom is -0.356 e. The molecule has 0 bridgehead atoms. The molecule has 0 aliphatic rings. The van der Waals surface area contributed by atoms with Crippen molar-refractivity contribution < 1.29 is 8.42 Å². The Bertz CT molecular complexity index is 867. The summed E-state index contributed by atoms with van der Waals surface area (Å²) < 4.78 is 26.7. The monoisotopic (exact) mass is 564 g/mol. The number of sulfonamides is 1. The fourth-order valence-corrected chi connectivity index (χ4v) is 5.20. The summed E-state index contributed by atoms with van der Waals surface area (Å²) in [5, 5.41) is 8.78. The summed E-state index contributed by atoms with van der Waals surface area (Å²) in [7, 11) is -1.55. The maximum absolute atomic E-state index is 12.0. The molecule has 2 rings (SSSR count). The first-order chi connectivity index (χ1) is 13.8. The van der Waals surface area contributed by atoms with Crippen molar-refractivity contribution in [3.63, 3.8) is 0 Å². The molecule has 3 N–H and O–H groups in total. The number of hydrogen-bond donors (Lipinski definition) is 3. The molecule has 0 aliphatic heterocycles. The summed E-state index contributed by atoms with van der Waals surface area (Å²) in [6.45, 7) is 7.32. The second-order valence-corrected chi connectivity index (χ2v) is 10.3. The molecule has 2 aromatic rings. The van der Waals surface area contributed by atoms with E-state index in [-0.39, 0.29) is 35.8 Å². The van der Waals surface area contributed by atoms with E-state index in [0.29, 0.717) is 12.5 Å². The SMILES string of the molecule is CN=C(NCc1ccc(CS(=O)(=O)NC(C)C)cc1)NCC(C)Cc1cccs1.I. The van der Waals surface area contributed by atoms with Crippen LogP contribution in [0.25, 0.3) is 0 Å². The van der Waals surface area contributed by atoms with Crippen LogP contribution < -0.4 is 15.4 Å². The number of aliphatic imine (C=N–C) groups is 1. The Labute approximate surface area is 202 Å². The third-order valence-electron chi connectivity index (χ3n) is 4.23. The first-order valence-electron chi connectivity index (χ1n) is 9.82. The molecule has 0 saturated heterocycles. The zero-order chi connectivity index (χ0) is 21.3. The van der Waals surface area contributed by atoms with Crippen molar-refractivity contribution in [1.82, 2.24) is 15.4 Å². The van der Waals surface area contributed by atoms with E-state index in [2.05, 4.69) is 44.8 Å². The summed E-state index contributed by atoms with van der Waals surface area (Å²) in [6.07, 6.45) is 1.05. The second-order valence-electron chi connectivity index (χ2n) is 7.54. The van der Waals surface area contributed by atoms with Crippen LogP contribution in [0, 0.1) is 5.92 Å². The van der Waals surface area contributed by atoms with Crippen molar-refractivity contribution in [2.24, 2.45) is 10.9 Å². The van der Waals surface area contributed by atoms with Crippen molar-refractivity contribution in [2.45, 2.75) is 45.5 Å². The van der Waals surface area contributed by atoms with Crippen LogP contribution in [0.15, 0.2) is 46.8 Å². The molecule has 1 aromatic carbocycles. The lowest BCUT2D eigenvalue weighted by atomic mass is 10.1. The third kappa shape index (κ3) is 10.2. The fraction of sp³-hybridized carbons (Fsp3) is 0.476. The predicted molar refractivity (Wildman–Crippen MR) is 138 cm³/mol. The Balaban J connectivity index is 0.00000450. The summed E-state index contributed by atoms with van der Waals surface area (Å²) in [6, 6.07) is 11.8. The predicted octanol–water partition coefficient (Wildman–Crippen LogP) is 3.74. The van der Waals surface area contributed by atoms with E-state index in [1.807, 2.05) is 38.1 Å². The van der Waals surface area contributed by atoms with Gasteiger partial charge in [-0.3, -0.25) is 4.99 Å². The first kappa shape index (κ1) is 26.9. The van der Waals surface area contributed by atoms with Gasteiger partial charge in [0.15, 0.2) is 5.96 Å². The Hall–Kier alpha value is -1.17. The van der Waals surface area contributed by atoms with E-state index in [1.54, 1.807) is 18.4 Å². The van der Waals surface area contributed by atoms with Gasteiger partial charge in [-0.1, -0.05) is 37.3 Å². The molecule has 1 atom stereocenters. The van der Waals surface area contributed by atoms with Crippen molar-refractivity contribution in [3.05, 3.63) is 57.8 Å². The van der Waals surface area contributed by atoms with E-state index >= 15 is 0 Å². The van der Waals surface area contributed by atoms with E-state index in [9.17, 15) is 8.42 Å². The van der Waals surface area contributed by atoms with Crippen molar-refractivity contribution in [3.8, 4) is 0 Å². The minimum atomic E-state index is -3.30. The summed E-state index contributed by atoms with van der Waals surface area (Å²) in [4.78, 5) is 5.67. The summed E-state index contributed by atoms with van der Waals surface area (Å²) >= 11 is 1.79. The molecule has 0 fully saturated rings. The number of guanidine groups is 1. The van der Waals surface area contributed by atoms with Crippen LogP contribution in [0.3, 0.4) is 0 Å². The normalized spacial score (nSPS) is 13.0. The van der Waals surface area contributed by atoms with Crippen LogP contribution in [0.1, 0.15) is 36.8 Å². The number of benzene rings is 1. The molecule has 0 radical (unpaired) electrons. The Kier molecular flexibility index (Phi) is 11.9. The molecule has 0 saturated carbocycles. The van der Waals surface area contributed by atoms with Crippen LogP contribution in [0.2, 0.25) is 0 Å². The lowest BCUT2D eigenvalue weighted by Crippen LogP contribution is -2.39. The van der Waals surface area contributed by atoms with Crippen LogP contribution in [0.5, 0.6) is 0 Å². The molecule has 0 amide bonds. The molecule has 0 spiro atoms. The highest BCUT2D eigenvalue weighted by atomic mass is 127. The van der Waals surface area contributed by atoms with Gasteiger partial charge in [0.25, 0.3) is 0 Å². The van der Waals surface area contributed by atoms with Gasteiger partial charge in [0.2, 0.25) is 10.0 Å². The molecule has 30 heavy (non-hydrogen) atoms. The Morgan fingerprint density at radius 2 is 1.73 bits per heavy atom.